The molecule has 0 saturated carbocycles. The summed E-state index contributed by atoms with van der Waals surface area (Å²) in [6.07, 6.45) is 0.281. The van der Waals surface area contributed by atoms with Crippen LogP contribution in [0.4, 0.5) is 0 Å². The van der Waals surface area contributed by atoms with Crippen LogP contribution in [0.2, 0.25) is 0 Å². The third-order valence-corrected chi connectivity index (χ3v) is 5.93. The monoisotopic (exact) mass is 488 g/mol. The Morgan fingerprint density at radius 2 is 1.66 bits per heavy atom. The zero-order valence-corrected chi connectivity index (χ0v) is 20.6. The molecule has 1 heterocycles. The average Bonchev–Trinajstić information content (AvgIpc) is 2.83. The van der Waals surface area contributed by atoms with Gasteiger partial charge in [-0.05, 0) is 25.3 Å². The Hall–Kier alpha value is -3.47. The summed E-state index contributed by atoms with van der Waals surface area (Å²) in [5, 5.41) is 13.4. The van der Waals surface area contributed by atoms with E-state index in [4.69, 9.17) is 5.73 Å². The van der Waals surface area contributed by atoms with E-state index in [-0.39, 0.29) is 37.8 Å². The van der Waals surface area contributed by atoms with Crippen molar-refractivity contribution in [2.75, 3.05) is 13.1 Å². The Labute approximate surface area is 205 Å². The molecule has 7 N–H and O–H groups in total. The van der Waals surface area contributed by atoms with Gasteiger partial charge in [0.25, 0.3) is 0 Å². The van der Waals surface area contributed by atoms with Crippen LogP contribution in [-0.2, 0) is 24.0 Å². The maximum absolute atomic E-state index is 13.2. The van der Waals surface area contributed by atoms with Gasteiger partial charge in [-0.15, -0.1) is 0 Å². The summed E-state index contributed by atoms with van der Waals surface area (Å²) in [7, 11) is 0. The molecule has 0 aromatic heterocycles. The molecule has 0 spiro atoms. The van der Waals surface area contributed by atoms with Crippen LogP contribution in [0.3, 0.4) is 0 Å². The maximum atomic E-state index is 13.2. The van der Waals surface area contributed by atoms with Gasteiger partial charge in [0, 0.05) is 19.0 Å². The fourth-order valence-corrected chi connectivity index (χ4v) is 3.55. The van der Waals surface area contributed by atoms with E-state index in [1.54, 1.807) is 51.1 Å². The van der Waals surface area contributed by atoms with Crippen molar-refractivity contribution in [1.29, 1.82) is 0 Å². The first-order valence-corrected chi connectivity index (χ1v) is 11.8. The fourth-order valence-electron chi connectivity index (χ4n) is 3.55. The minimum atomic E-state index is -1.43. The minimum Gasteiger partial charge on any atom is -0.354 e. The van der Waals surface area contributed by atoms with Crippen molar-refractivity contribution in [1.82, 2.24) is 26.6 Å². The number of hydrogen-bond donors (Lipinski definition) is 6. The molecular formula is C24H36N6O5. The largest absolute Gasteiger partial charge is 0.354 e. The van der Waals surface area contributed by atoms with Crippen molar-refractivity contribution in [3.05, 3.63) is 35.9 Å². The quantitative estimate of drug-likeness (QED) is 0.318. The number of carbonyl (C=O) groups excluding carboxylic acids is 5. The number of rotatable bonds is 5. The van der Waals surface area contributed by atoms with Crippen molar-refractivity contribution in [2.24, 2.45) is 11.7 Å². The molecule has 0 unspecified atom stereocenters. The van der Waals surface area contributed by atoms with Gasteiger partial charge in [-0.1, -0.05) is 51.1 Å². The van der Waals surface area contributed by atoms with E-state index in [9.17, 15) is 24.0 Å². The third kappa shape index (κ3) is 7.25. The molecule has 2 rings (SSSR count). The molecule has 0 radical (unpaired) electrons. The highest BCUT2D eigenvalue weighted by Crippen LogP contribution is 2.16. The highest BCUT2D eigenvalue weighted by Gasteiger charge is 2.38. The Morgan fingerprint density at radius 3 is 2.23 bits per heavy atom. The lowest BCUT2D eigenvalue weighted by molar-refractivity contribution is -0.137. The third-order valence-electron chi connectivity index (χ3n) is 5.93. The van der Waals surface area contributed by atoms with Crippen molar-refractivity contribution >= 4 is 29.5 Å². The number of carbonyl (C=O) groups is 5. The predicted molar refractivity (Wildman–Crippen MR) is 130 cm³/mol. The lowest BCUT2D eigenvalue weighted by Gasteiger charge is -2.33. The molecule has 1 aromatic carbocycles. The van der Waals surface area contributed by atoms with Crippen LogP contribution < -0.4 is 32.3 Å². The maximum Gasteiger partial charge on any atom is 0.247 e. The first-order chi connectivity index (χ1) is 16.5. The van der Waals surface area contributed by atoms with Gasteiger partial charge in [0.15, 0.2) is 0 Å². The van der Waals surface area contributed by atoms with Crippen LogP contribution in [0.15, 0.2) is 30.3 Å². The fraction of sp³-hybridized carbons (Fsp3) is 0.542. The van der Waals surface area contributed by atoms with E-state index >= 15 is 0 Å². The van der Waals surface area contributed by atoms with Crippen LogP contribution in [0.1, 0.15) is 52.1 Å². The Bertz CT molecular complexity index is 938. The van der Waals surface area contributed by atoms with E-state index in [2.05, 4.69) is 26.6 Å². The van der Waals surface area contributed by atoms with Gasteiger partial charge in [0.2, 0.25) is 29.5 Å². The highest BCUT2D eigenvalue weighted by molar-refractivity contribution is 5.97. The summed E-state index contributed by atoms with van der Waals surface area (Å²) in [6, 6.07) is 5.59. The second kappa shape index (κ2) is 12.3. The molecule has 1 saturated heterocycles. The smallest absolute Gasteiger partial charge is 0.247 e. The lowest BCUT2D eigenvalue weighted by atomic mass is 9.94. The van der Waals surface area contributed by atoms with E-state index in [1.165, 1.54) is 6.92 Å². The SMILES string of the molecule is CC[C@@H]1NC(=O)[C@H](CN)NC(=O)[C@](C)(NC(=O)C(C)C)CCNC(=O)[C@@H](c2ccccc2)NC1=O. The molecule has 1 aliphatic heterocycles. The van der Waals surface area contributed by atoms with Crippen molar-refractivity contribution in [3.63, 3.8) is 0 Å². The first kappa shape index (κ1) is 27.8. The van der Waals surface area contributed by atoms with Crippen molar-refractivity contribution in [3.8, 4) is 0 Å². The zero-order chi connectivity index (χ0) is 26.2. The molecular weight excluding hydrogens is 452 g/mol. The molecule has 1 aliphatic rings. The van der Waals surface area contributed by atoms with E-state index in [0.29, 0.717) is 5.56 Å². The normalized spacial score (nSPS) is 26.6. The Kier molecular flexibility index (Phi) is 9.76. The van der Waals surface area contributed by atoms with Crippen LogP contribution in [0.5, 0.6) is 0 Å². The first-order valence-electron chi connectivity index (χ1n) is 11.8. The average molecular weight is 489 g/mol. The van der Waals surface area contributed by atoms with Crippen molar-refractivity contribution < 1.29 is 24.0 Å². The molecule has 0 bridgehead atoms. The highest BCUT2D eigenvalue weighted by atomic mass is 16.2. The number of benzene rings is 1. The van der Waals surface area contributed by atoms with Gasteiger partial charge in [-0.25, -0.2) is 0 Å². The van der Waals surface area contributed by atoms with Crippen LogP contribution in [-0.4, -0.2) is 60.2 Å². The minimum absolute atomic E-state index is 0.0248. The molecule has 1 fully saturated rings. The van der Waals surface area contributed by atoms with Gasteiger partial charge in [0.1, 0.15) is 23.7 Å². The molecule has 4 atom stereocenters. The molecule has 35 heavy (non-hydrogen) atoms. The molecule has 11 heteroatoms. The summed E-state index contributed by atoms with van der Waals surface area (Å²) in [5.74, 6) is -3.04. The summed E-state index contributed by atoms with van der Waals surface area (Å²) in [4.78, 5) is 64.6. The molecule has 5 amide bonds. The van der Waals surface area contributed by atoms with E-state index < -0.39 is 47.3 Å². The summed E-state index contributed by atoms with van der Waals surface area (Å²) < 4.78 is 0. The molecule has 192 valence electrons. The van der Waals surface area contributed by atoms with Gasteiger partial charge in [-0.3, -0.25) is 24.0 Å². The van der Waals surface area contributed by atoms with Gasteiger partial charge in [0.05, 0.1) is 0 Å². The van der Waals surface area contributed by atoms with Gasteiger partial charge < -0.3 is 32.3 Å². The lowest BCUT2D eigenvalue weighted by Crippen LogP contribution is -2.64. The van der Waals surface area contributed by atoms with E-state index in [1.807, 2.05) is 0 Å². The zero-order valence-electron chi connectivity index (χ0n) is 20.6. The van der Waals surface area contributed by atoms with Crippen LogP contribution in [0.25, 0.3) is 0 Å². The van der Waals surface area contributed by atoms with Gasteiger partial charge in [-0.2, -0.15) is 0 Å². The van der Waals surface area contributed by atoms with Crippen LogP contribution >= 0.6 is 0 Å². The second-order valence-corrected chi connectivity index (χ2v) is 9.10. The Morgan fingerprint density at radius 1 is 1.03 bits per heavy atom. The second-order valence-electron chi connectivity index (χ2n) is 9.10. The number of amides is 5. The summed E-state index contributed by atoms with van der Waals surface area (Å²) >= 11 is 0. The van der Waals surface area contributed by atoms with Crippen LogP contribution in [0, 0.1) is 5.92 Å². The number of nitrogens with two attached hydrogens (primary N) is 1. The summed E-state index contributed by atoms with van der Waals surface area (Å²) in [6.45, 7) is 6.42. The topological polar surface area (TPSA) is 172 Å². The summed E-state index contributed by atoms with van der Waals surface area (Å²) in [5.41, 5.74) is 4.87. The molecule has 0 aliphatic carbocycles. The number of hydrogen-bond acceptors (Lipinski definition) is 6. The molecule has 1 aromatic rings. The number of nitrogens with one attached hydrogen (secondary N) is 5. The van der Waals surface area contributed by atoms with E-state index in [0.717, 1.165) is 0 Å². The Balaban J connectivity index is 2.43. The van der Waals surface area contributed by atoms with Gasteiger partial charge >= 0.3 is 0 Å². The van der Waals surface area contributed by atoms with Crippen molar-refractivity contribution in [2.45, 2.75) is 64.2 Å². The standard InChI is InChI=1S/C24H36N6O5/c1-5-16-20(32)29-18(15-9-7-6-8-10-15)22(34)26-12-11-24(4,30-19(31)14(2)3)23(35)28-17(13-25)21(33)27-16/h6-10,14,16-18H,5,11-13,25H2,1-4H3,(H,26,34)(H,27,33)(H,28,35)(H,29,32)(H,30,31)/t16-,17-,18+,24+/m0/s1. The molecule has 11 nitrogen and oxygen atoms in total. The predicted octanol–water partition coefficient (Wildman–Crippen LogP) is -0.767.